The van der Waals surface area contributed by atoms with Crippen molar-refractivity contribution in [2.75, 3.05) is 6.26 Å². The first kappa shape index (κ1) is 9.18. The summed E-state index contributed by atoms with van der Waals surface area (Å²) >= 11 is 16.8. The number of aliphatic hydroxyl groups is 1. The molecule has 50 valence electrons. The Morgan fingerprint density at radius 1 is 1.50 bits per heavy atom. The molecule has 0 aliphatic heterocycles. The molecule has 1 unspecified atom stereocenters. The summed E-state index contributed by atoms with van der Waals surface area (Å²) in [5.41, 5.74) is -0.938. The Bertz CT molecular complexity index is 71.4. The molecule has 0 rings (SSSR count). The van der Waals surface area contributed by atoms with E-state index >= 15 is 0 Å². The van der Waals surface area contributed by atoms with Crippen LogP contribution in [0, 0.1) is 0 Å². The summed E-state index contributed by atoms with van der Waals surface area (Å²) in [6.45, 7) is 0. The molecule has 8 heavy (non-hydrogen) atoms. The Hall–Kier alpha value is 1.18. The van der Waals surface area contributed by atoms with Gasteiger partial charge in [0.05, 0.1) is 0 Å². The molecule has 0 radical (unpaired) electrons. The lowest BCUT2D eigenvalue weighted by Gasteiger charge is -2.15. The van der Waals surface area contributed by atoms with Gasteiger partial charge < -0.3 is 5.11 Å². The van der Waals surface area contributed by atoms with Crippen LogP contribution in [0.25, 0.3) is 0 Å². The van der Waals surface area contributed by atoms with Gasteiger partial charge in [0, 0.05) is 0 Å². The van der Waals surface area contributed by atoms with E-state index in [4.69, 9.17) is 39.9 Å². The summed E-state index contributed by atoms with van der Waals surface area (Å²) in [4.78, 5) is 0. The Labute approximate surface area is 67.3 Å². The number of rotatable bonds is 1. The minimum atomic E-state index is -1.56. The zero-order valence-electron chi connectivity index (χ0n) is 4.07. The molecule has 0 heterocycles. The Morgan fingerprint density at radius 3 is 1.88 bits per heavy atom. The summed E-state index contributed by atoms with van der Waals surface area (Å²) in [6.07, 6.45) is 1.66. The van der Waals surface area contributed by atoms with Crippen LogP contribution in [0.2, 0.25) is 0 Å². The fourth-order valence-corrected chi connectivity index (χ4v) is 1.20. The highest BCUT2D eigenvalue weighted by Gasteiger charge is 2.29. The van der Waals surface area contributed by atoms with Gasteiger partial charge in [0.1, 0.15) is 5.44 Å². The van der Waals surface area contributed by atoms with Crippen molar-refractivity contribution in [3.63, 3.8) is 0 Å². The van der Waals surface area contributed by atoms with Crippen LogP contribution >= 0.6 is 46.6 Å². The topological polar surface area (TPSA) is 20.2 Å². The van der Waals surface area contributed by atoms with Gasteiger partial charge in [0.25, 0.3) is 0 Å². The smallest absolute Gasteiger partial charge is 0.225 e. The van der Waals surface area contributed by atoms with E-state index in [-0.39, 0.29) is 0 Å². The van der Waals surface area contributed by atoms with Gasteiger partial charge in [0.15, 0.2) is 0 Å². The summed E-state index contributed by atoms with van der Waals surface area (Å²) in [5.74, 6) is 0. The third-order valence-corrected chi connectivity index (χ3v) is 2.31. The van der Waals surface area contributed by atoms with Crippen LogP contribution in [0.3, 0.4) is 0 Å². The Balaban J connectivity index is 3.62. The molecule has 0 saturated heterocycles. The second-order valence-corrected chi connectivity index (χ2v) is 4.42. The number of alkyl halides is 3. The van der Waals surface area contributed by atoms with Crippen molar-refractivity contribution < 1.29 is 5.11 Å². The Morgan fingerprint density at radius 2 is 1.88 bits per heavy atom. The normalized spacial score (nSPS) is 16.1. The summed E-state index contributed by atoms with van der Waals surface area (Å²) in [5, 5.41) is 8.76. The number of hydrogen-bond acceptors (Lipinski definition) is 2. The molecule has 0 aliphatic rings. The van der Waals surface area contributed by atoms with E-state index in [0.717, 1.165) is 11.8 Å². The summed E-state index contributed by atoms with van der Waals surface area (Å²) in [7, 11) is 0. The zero-order chi connectivity index (χ0) is 6.78. The molecule has 0 saturated carbocycles. The highest BCUT2D eigenvalue weighted by atomic mass is 35.6. The van der Waals surface area contributed by atoms with Crippen molar-refractivity contribution in [1.82, 2.24) is 0 Å². The SMILES string of the molecule is CSC(O)C(Cl)(Cl)Cl. The third kappa shape index (κ3) is 3.25. The van der Waals surface area contributed by atoms with Gasteiger partial charge in [-0.15, -0.1) is 11.8 Å². The first-order valence-corrected chi connectivity index (χ1v) is 4.18. The number of hydrogen-bond donors (Lipinski definition) is 1. The first-order valence-electron chi connectivity index (χ1n) is 1.76. The van der Waals surface area contributed by atoms with Crippen LogP contribution in [0.5, 0.6) is 0 Å². The second-order valence-electron chi connectivity index (χ2n) is 1.13. The number of thioether (sulfide) groups is 1. The average molecular weight is 195 g/mol. The predicted molar refractivity (Wildman–Crippen MR) is 39.8 cm³/mol. The molecule has 0 spiro atoms. The fraction of sp³-hybridized carbons (Fsp3) is 1.00. The number of aliphatic hydroxyl groups excluding tert-OH is 1. The third-order valence-electron chi connectivity index (χ3n) is 0.503. The van der Waals surface area contributed by atoms with E-state index in [1.165, 1.54) is 0 Å². The molecule has 0 aromatic rings. The molecule has 1 N–H and O–H groups in total. The summed E-state index contributed by atoms with van der Waals surface area (Å²) in [6, 6.07) is 0. The van der Waals surface area contributed by atoms with Gasteiger partial charge in [0.2, 0.25) is 3.79 Å². The molecular formula is C3H5Cl3OS. The molecule has 0 amide bonds. The van der Waals surface area contributed by atoms with Gasteiger partial charge in [-0.2, -0.15) is 0 Å². The molecular weight excluding hydrogens is 190 g/mol. The second kappa shape index (κ2) is 3.37. The van der Waals surface area contributed by atoms with Crippen molar-refractivity contribution in [2.24, 2.45) is 0 Å². The van der Waals surface area contributed by atoms with E-state index < -0.39 is 9.23 Å². The van der Waals surface area contributed by atoms with Crippen LogP contribution in [-0.2, 0) is 0 Å². The van der Waals surface area contributed by atoms with Gasteiger partial charge >= 0.3 is 0 Å². The van der Waals surface area contributed by atoms with Crippen molar-refractivity contribution in [1.29, 1.82) is 0 Å². The van der Waals surface area contributed by atoms with Crippen molar-refractivity contribution in [3.05, 3.63) is 0 Å². The maximum atomic E-state index is 8.76. The standard InChI is InChI=1S/C3H5Cl3OS/c1-8-2(7)3(4,5)6/h2,7H,1H3. The maximum Gasteiger partial charge on any atom is 0.225 e. The highest BCUT2D eigenvalue weighted by Crippen LogP contribution is 2.34. The first-order chi connectivity index (χ1) is 3.48. The van der Waals surface area contributed by atoms with Crippen molar-refractivity contribution >= 4 is 46.6 Å². The van der Waals surface area contributed by atoms with Crippen LogP contribution < -0.4 is 0 Å². The summed E-state index contributed by atoms with van der Waals surface area (Å²) < 4.78 is -1.56. The fourth-order valence-electron chi connectivity index (χ4n) is 0.134. The lowest BCUT2D eigenvalue weighted by atomic mass is 10.8. The molecule has 0 bridgehead atoms. The van der Waals surface area contributed by atoms with Crippen molar-refractivity contribution in [3.8, 4) is 0 Å². The molecule has 1 nitrogen and oxygen atoms in total. The molecule has 0 aromatic carbocycles. The molecule has 0 fully saturated rings. The quantitative estimate of drug-likeness (QED) is 0.510. The zero-order valence-corrected chi connectivity index (χ0v) is 7.15. The highest BCUT2D eigenvalue weighted by molar-refractivity contribution is 7.99. The van der Waals surface area contributed by atoms with E-state index in [2.05, 4.69) is 0 Å². The maximum absolute atomic E-state index is 8.76. The predicted octanol–water partition coefficient (Wildman–Crippen LogP) is 2.04. The Kier molecular flexibility index (Phi) is 3.87. The molecule has 0 aliphatic carbocycles. The molecule has 0 aromatic heterocycles. The minimum absolute atomic E-state index is 0.938. The van der Waals surface area contributed by atoms with Crippen LogP contribution in [-0.4, -0.2) is 20.6 Å². The largest absolute Gasteiger partial charge is 0.378 e. The van der Waals surface area contributed by atoms with E-state index in [0.29, 0.717) is 0 Å². The van der Waals surface area contributed by atoms with Gasteiger partial charge in [-0.05, 0) is 6.26 Å². The van der Waals surface area contributed by atoms with E-state index in [1.54, 1.807) is 6.26 Å². The number of halogens is 3. The van der Waals surface area contributed by atoms with E-state index in [9.17, 15) is 0 Å². The van der Waals surface area contributed by atoms with Crippen molar-refractivity contribution in [2.45, 2.75) is 9.23 Å². The van der Waals surface area contributed by atoms with Gasteiger partial charge in [-0.3, -0.25) is 0 Å². The minimum Gasteiger partial charge on any atom is -0.378 e. The lowest BCUT2D eigenvalue weighted by Crippen LogP contribution is -2.20. The molecule has 1 atom stereocenters. The monoisotopic (exact) mass is 194 g/mol. The average Bonchev–Trinajstić information content (AvgIpc) is 1.62. The van der Waals surface area contributed by atoms with Gasteiger partial charge in [-0.25, -0.2) is 0 Å². The van der Waals surface area contributed by atoms with E-state index in [1.807, 2.05) is 0 Å². The van der Waals surface area contributed by atoms with Gasteiger partial charge in [-0.1, -0.05) is 34.8 Å². The molecule has 5 heteroatoms. The van der Waals surface area contributed by atoms with Crippen LogP contribution in [0.1, 0.15) is 0 Å². The lowest BCUT2D eigenvalue weighted by molar-refractivity contribution is 0.268. The van der Waals surface area contributed by atoms with Crippen LogP contribution in [0.15, 0.2) is 0 Å². The van der Waals surface area contributed by atoms with Crippen LogP contribution in [0.4, 0.5) is 0 Å².